The average Bonchev–Trinajstić information content (AvgIpc) is 2.62. The third-order valence-electron chi connectivity index (χ3n) is 4.70. The normalized spacial score (nSPS) is 13.4. The fourth-order valence-electron chi connectivity index (χ4n) is 3.27. The van der Waals surface area contributed by atoms with Gasteiger partial charge in [0.1, 0.15) is 0 Å². The molecule has 0 aliphatic rings. The highest BCUT2D eigenvalue weighted by Gasteiger charge is 2.19. The Bertz CT molecular complexity index is 972. The van der Waals surface area contributed by atoms with Gasteiger partial charge in [-0.1, -0.05) is 60.7 Å². The molecule has 1 heterocycles. The summed E-state index contributed by atoms with van der Waals surface area (Å²) < 4.78 is 3.03. The Morgan fingerprint density at radius 1 is 0.720 bits per heavy atom. The number of benzene rings is 2. The predicted octanol–water partition coefficient (Wildman–Crippen LogP) is 3.54. The van der Waals surface area contributed by atoms with E-state index in [1.54, 1.807) is 17.6 Å². The van der Waals surface area contributed by atoms with Gasteiger partial charge in [0, 0.05) is 11.8 Å². The van der Waals surface area contributed by atoms with Crippen molar-refractivity contribution in [3.8, 4) is 0 Å². The van der Waals surface area contributed by atoms with E-state index < -0.39 is 0 Å². The number of aryl methyl sites for hydroxylation is 1. The molecule has 2 unspecified atom stereocenters. The average molecular weight is 334 g/mol. The van der Waals surface area contributed by atoms with Crippen LogP contribution in [0.25, 0.3) is 0 Å². The lowest BCUT2D eigenvalue weighted by Crippen LogP contribution is -2.43. The summed E-state index contributed by atoms with van der Waals surface area (Å²) in [5.74, 6) is 0. The van der Waals surface area contributed by atoms with E-state index in [4.69, 9.17) is 0 Å². The van der Waals surface area contributed by atoms with E-state index in [2.05, 4.69) is 0 Å². The Morgan fingerprint density at radius 2 is 1.16 bits per heavy atom. The highest BCUT2D eigenvalue weighted by molar-refractivity contribution is 5.22. The summed E-state index contributed by atoms with van der Waals surface area (Å²) in [5.41, 5.74) is 2.09. The van der Waals surface area contributed by atoms with Gasteiger partial charge in [-0.05, 0) is 31.9 Å². The standard InChI is InChI=1S/C21H22N2O2/c1-15-14-20(24)23(17(3)19-12-8-5-9-13-19)21(25)22(15)16(2)18-10-6-4-7-11-18/h4-14,16-17H,1-3H3. The van der Waals surface area contributed by atoms with Crippen molar-refractivity contribution in [3.63, 3.8) is 0 Å². The summed E-state index contributed by atoms with van der Waals surface area (Å²) in [4.78, 5) is 25.7. The van der Waals surface area contributed by atoms with E-state index in [0.717, 1.165) is 11.1 Å². The van der Waals surface area contributed by atoms with Crippen LogP contribution in [-0.2, 0) is 0 Å². The van der Waals surface area contributed by atoms with E-state index in [1.165, 1.54) is 4.57 Å². The smallest absolute Gasteiger partial charge is 0.291 e. The maximum absolute atomic E-state index is 13.2. The maximum Gasteiger partial charge on any atom is 0.332 e. The Kier molecular flexibility index (Phi) is 4.70. The molecule has 2 atom stereocenters. The molecule has 0 fully saturated rings. The SMILES string of the molecule is Cc1cc(=O)n(C(C)c2ccccc2)c(=O)n1C(C)c1ccccc1. The molecule has 3 aromatic rings. The van der Waals surface area contributed by atoms with Crippen molar-refractivity contribution in [2.45, 2.75) is 32.9 Å². The van der Waals surface area contributed by atoms with Gasteiger partial charge >= 0.3 is 5.69 Å². The molecule has 1 aromatic heterocycles. The van der Waals surface area contributed by atoms with Crippen molar-refractivity contribution in [1.29, 1.82) is 0 Å². The second kappa shape index (κ2) is 6.93. The Morgan fingerprint density at radius 3 is 1.64 bits per heavy atom. The zero-order chi connectivity index (χ0) is 18.0. The second-order valence-corrected chi connectivity index (χ2v) is 6.32. The molecule has 3 rings (SSSR count). The van der Waals surface area contributed by atoms with Crippen LogP contribution in [0.4, 0.5) is 0 Å². The van der Waals surface area contributed by atoms with E-state index >= 15 is 0 Å². The van der Waals surface area contributed by atoms with Gasteiger partial charge in [0.15, 0.2) is 0 Å². The molecule has 0 amide bonds. The fraction of sp³-hybridized carbons (Fsp3) is 0.238. The summed E-state index contributed by atoms with van der Waals surface area (Å²) in [6.07, 6.45) is 0. The van der Waals surface area contributed by atoms with Crippen LogP contribution in [0.5, 0.6) is 0 Å². The van der Waals surface area contributed by atoms with Crippen molar-refractivity contribution in [3.05, 3.63) is 104 Å². The van der Waals surface area contributed by atoms with Crippen LogP contribution in [0.2, 0.25) is 0 Å². The van der Waals surface area contributed by atoms with Gasteiger partial charge in [-0.25, -0.2) is 4.79 Å². The summed E-state index contributed by atoms with van der Waals surface area (Å²) in [5, 5.41) is 0. The molecule has 128 valence electrons. The van der Waals surface area contributed by atoms with Crippen LogP contribution in [-0.4, -0.2) is 9.13 Å². The van der Waals surface area contributed by atoms with Gasteiger partial charge in [0.25, 0.3) is 5.56 Å². The zero-order valence-electron chi connectivity index (χ0n) is 14.7. The van der Waals surface area contributed by atoms with Crippen molar-refractivity contribution < 1.29 is 0 Å². The van der Waals surface area contributed by atoms with Gasteiger partial charge in [-0.2, -0.15) is 0 Å². The lowest BCUT2D eigenvalue weighted by atomic mass is 10.1. The number of hydrogen-bond donors (Lipinski definition) is 0. The minimum Gasteiger partial charge on any atom is -0.291 e. The zero-order valence-corrected chi connectivity index (χ0v) is 14.7. The number of aromatic nitrogens is 2. The van der Waals surface area contributed by atoms with Gasteiger partial charge in [-0.15, -0.1) is 0 Å². The fourth-order valence-corrected chi connectivity index (χ4v) is 3.27. The molecule has 4 nitrogen and oxygen atoms in total. The molecule has 0 saturated carbocycles. The molecule has 0 saturated heterocycles. The number of hydrogen-bond acceptors (Lipinski definition) is 2. The van der Waals surface area contributed by atoms with Gasteiger partial charge in [0.05, 0.1) is 12.1 Å². The largest absolute Gasteiger partial charge is 0.332 e. The lowest BCUT2D eigenvalue weighted by molar-refractivity contribution is 0.492. The van der Waals surface area contributed by atoms with Gasteiger partial charge in [-0.3, -0.25) is 13.9 Å². The molecule has 0 radical (unpaired) electrons. The first-order valence-corrected chi connectivity index (χ1v) is 8.45. The van der Waals surface area contributed by atoms with Crippen LogP contribution in [0.1, 0.15) is 42.8 Å². The lowest BCUT2D eigenvalue weighted by Gasteiger charge is -2.22. The highest BCUT2D eigenvalue weighted by atomic mass is 16.2. The van der Waals surface area contributed by atoms with Crippen molar-refractivity contribution >= 4 is 0 Å². The van der Waals surface area contributed by atoms with E-state index in [9.17, 15) is 9.59 Å². The summed E-state index contributed by atoms with van der Waals surface area (Å²) in [6.45, 7) is 5.66. The molecule has 25 heavy (non-hydrogen) atoms. The van der Waals surface area contributed by atoms with E-state index in [1.807, 2.05) is 74.5 Å². The molecule has 0 N–H and O–H groups in total. The third-order valence-corrected chi connectivity index (χ3v) is 4.70. The quantitative estimate of drug-likeness (QED) is 0.732. The first-order valence-electron chi connectivity index (χ1n) is 8.45. The highest BCUT2D eigenvalue weighted by Crippen LogP contribution is 2.18. The molecule has 0 aliphatic heterocycles. The topological polar surface area (TPSA) is 44.0 Å². The minimum absolute atomic E-state index is 0.150. The number of nitrogens with zero attached hydrogens (tertiary/aromatic N) is 2. The summed E-state index contributed by atoms with van der Waals surface area (Å²) in [6, 6.07) is 20.5. The monoisotopic (exact) mass is 334 g/mol. The van der Waals surface area contributed by atoms with Crippen LogP contribution in [0.15, 0.2) is 76.3 Å². The van der Waals surface area contributed by atoms with E-state index in [0.29, 0.717) is 5.69 Å². The first kappa shape index (κ1) is 17.0. The molecule has 4 heteroatoms. The van der Waals surface area contributed by atoms with Crippen LogP contribution in [0.3, 0.4) is 0 Å². The third kappa shape index (κ3) is 3.20. The second-order valence-electron chi connectivity index (χ2n) is 6.32. The molecule has 0 spiro atoms. The van der Waals surface area contributed by atoms with Crippen molar-refractivity contribution in [1.82, 2.24) is 9.13 Å². The Labute approximate surface area is 147 Å². The van der Waals surface area contributed by atoms with E-state index in [-0.39, 0.29) is 23.3 Å². The molecule has 0 aliphatic carbocycles. The van der Waals surface area contributed by atoms with Crippen LogP contribution >= 0.6 is 0 Å². The van der Waals surface area contributed by atoms with Gasteiger partial charge < -0.3 is 0 Å². The minimum atomic E-state index is -0.323. The van der Waals surface area contributed by atoms with Crippen molar-refractivity contribution in [2.24, 2.45) is 0 Å². The van der Waals surface area contributed by atoms with Crippen molar-refractivity contribution in [2.75, 3.05) is 0 Å². The first-order chi connectivity index (χ1) is 12.0. The maximum atomic E-state index is 13.2. The van der Waals surface area contributed by atoms with Crippen LogP contribution < -0.4 is 11.2 Å². The molecule has 2 aromatic carbocycles. The molecule has 0 bridgehead atoms. The molecular weight excluding hydrogens is 312 g/mol. The predicted molar refractivity (Wildman–Crippen MR) is 100 cm³/mol. The van der Waals surface area contributed by atoms with Crippen LogP contribution in [0, 0.1) is 6.92 Å². The molecular formula is C21H22N2O2. The van der Waals surface area contributed by atoms with Gasteiger partial charge in [0.2, 0.25) is 0 Å². The summed E-state index contributed by atoms with van der Waals surface area (Å²) >= 11 is 0. The Hall–Kier alpha value is -2.88. The number of rotatable bonds is 4. The summed E-state index contributed by atoms with van der Waals surface area (Å²) in [7, 11) is 0. The Balaban J connectivity index is 2.16.